The predicted octanol–water partition coefficient (Wildman–Crippen LogP) is 14.3. The Morgan fingerprint density at radius 3 is 1.66 bits per heavy atom. The SMILES string of the molecule is CCOC(=O)/C=C(C)/C=C(\C)[C@@H](OC)[C@H](OC(=O)Nc1ccc(F)cc1F)c1ccc(OCCO[Si](CCC(F)(F)C(F)(F)C(F)(F)C(F)(F)C(F)(F)C(F)(F)C(F)(F)C(F)(F)F)(C(C)C)C(C)C)cc1. The molecule has 0 saturated carbocycles. The molecule has 2 rings (SSSR count). The number of rotatable bonds is 25. The average molecular weight is 1080 g/mol. The third-order valence-corrected chi connectivity index (χ3v) is 16.7. The number of amides is 1. The molecular formula is C43H48F19NO7Si. The van der Waals surface area contributed by atoms with E-state index in [1.54, 1.807) is 20.8 Å². The Hall–Kier alpha value is -4.73. The van der Waals surface area contributed by atoms with E-state index in [1.807, 2.05) is 0 Å². The minimum atomic E-state index is -8.73. The summed E-state index contributed by atoms with van der Waals surface area (Å²) in [4.78, 5) is 25.1. The largest absolute Gasteiger partial charge is 0.491 e. The predicted molar refractivity (Wildman–Crippen MR) is 218 cm³/mol. The lowest BCUT2D eigenvalue weighted by Crippen LogP contribution is -2.74. The normalized spacial score (nSPS) is 15.2. The van der Waals surface area contributed by atoms with Crippen LogP contribution < -0.4 is 10.1 Å². The van der Waals surface area contributed by atoms with Gasteiger partial charge in [0, 0.05) is 25.7 Å². The number of carbonyl (C=O) groups excluding carboxylic acids is 2. The van der Waals surface area contributed by atoms with Crippen LogP contribution in [0.15, 0.2) is 65.8 Å². The summed E-state index contributed by atoms with van der Waals surface area (Å²) in [7, 11) is -2.85. The standard InChI is InChI=1S/C43H48F19NO7Si/c1-9-67-32(64)21-25(6)20-26(7)33(66-8)34(70-35(65)63-31-15-12-28(44)22-30(31)45)27-10-13-29(14-11-27)68-17-18-69-71(23(2)3,24(4)5)19-16-36(46,47)37(48,49)38(50,51)39(52,53)40(54,55)41(56,57)42(58,59)43(60,61)62/h10-15,20-24,33-34H,9,16-19H2,1-8H3,(H,63,65)/b25-21+,26-20+/t33-,34-/m1/s1. The molecule has 28 heteroatoms. The molecule has 0 bridgehead atoms. The van der Waals surface area contributed by atoms with Crippen LogP contribution in [0.5, 0.6) is 5.75 Å². The van der Waals surface area contributed by atoms with E-state index in [9.17, 15) is 84.2 Å². The molecule has 1 amide bonds. The summed E-state index contributed by atoms with van der Waals surface area (Å²) in [5.74, 6) is -59.8. The Bertz CT molecular complexity index is 2170. The molecule has 0 fully saturated rings. The molecular weight excluding hydrogens is 1030 g/mol. The number of halogens is 19. The maximum atomic E-state index is 15.1. The lowest BCUT2D eigenvalue weighted by molar-refractivity contribution is -0.461. The van der Waals surface area contributed by atoms with E-state index in [0.717, 1.165) is 18.2 Å². The third-order valence-electron chi connectivity index (χ3n) is 11.0. The van der Waals surface area contributed by atoms with Gasteiger partial charge in [-0.3, -0.25) is 5.32 Å². The van der Waals surface area contributed by atoms with Gasteiger partial charge in [-0.05, 0) is 78.9 Å². The summed E-state index contributed by atoms with van der Waals surface area (Å²) >= 11 is 0. The van der Waals surface area contributed by atoms with Crippen LogP contribution in [0.1, 0.15) is 66.6 Å². The first kappa shape index (κ1) is 62.4. The molecule has 0 saturated heterocycles. The molecule has 0 unspecified atom stereocenters. The molecule has 404 valence electrons. The zero-order valence-corrected chi connectivity index (χ0v) is 39.6. The second-order valence-corrected chi connectivity index (χ2v) is 21.4. The Morgan fingerprint density at radius 2 is 1.20 bits per heavy atom. The number of nitrogens with one attached hydrogen (secondary N) is 1. The smallest absolute Gasteiger partial charge is 0.460 e. The molecule has 2 atom stereocenters. The molecule has 0 aliphatic carbocycles. The highest BCUT2D eigenvalue weighted by Crippen LogP contribution is 2.64. The zero-order chi connectivity index (χ0) is 55.1. The zero-order valence-electron chi connectivity index (χ0n) is 38.6. The van der Waals surface area contributed by atoms with Crippen LogP contribution >= 0.6 is 0 Å². The highest BCUT2D eigenvalue weighted by Gasteiger charge is 2.95. The van der Waals surface area contributed by atoms with Crippen LogP contribution in [-0.2, 0) is 23.4 Å². The molecule has 0 radical (unpaired) electrons. The summed E-state index contributed by atoms with van der Waals surface area (Å²) in [6, 6.07) is 6.15. The van der Waals surface area contributed by atoms with Gasteiger partial charge in [0.15, 0.2) is 14.4 Å². The first-order chi connectivity index (χ1) is 32.2. The molecule has 1 N–H and O–H groups in total. The maximum absolute atomic E-state index is 15.1. The quantitative estimate of drug-likeness (QED) is 0.0264. The van der Waals surface area contributed by atoms with Crippen molar-refractivity contribution in [3.8, 4) is 5.75 Å². The molecule has 71 heavy (non-hydrogen) atoms. The van der Waals surface area contributed by atoms with Crippen molar-refractivity contribution in [2.75, 3.05) is 32.2 Å². The summed E-state index contributed by atoms with van der Waals surface area (Å²) in [6.07, 6.45) is -11.6. The van der Waals surface area contributed by atoms with E-state index < -0.39 is 134 Å². The summed E-state index contributed by atoms with van der Waals surface area (Å²) < 4.78 is 292. The van der Waals surface area contributed by atoms with Crippen molar-refractivity contribution in [3.63, 3.8) is 0 Å². The van der Waals surface area contributed by atoms with Gasteiger partial charge in [0.1, 0.15) is 30.1 Å². The van der Waals surface area contributed by atoms with E-state index in [0.29, 0.717) is 17.2 Å². The molecule has 2 aromatic carbocycles. The van der Waals surface area contributed by atoms with Crippen LogP contribution in [0.3, 0.4) is 0 Å². The van der Waals surface area contributed by atoms with Crippen molar-refractivity contribution in [2.45, 2.75) is 132 Å². The summed E-state index contributed by atoms with van der Waals surface area (Å²) in [5, 5.41) is 2.13. The van der Waals surface area contributed by atoms with E-state index >= 15 is 8.78 Å². The lowest BCUT2D eigenvalue weighted by Gasteiger charge is -2.44. The van der Waals surface area contributed by atoms with Gasteiger partial charge in [-0.25, -0.2) is 18.4 Å². The average Bonchev–Trinajstić information content (AvgIpc) is 3.23. The fourth-order valence-electron chi connectivity index (χ4n) is 7.05. The number of allylic oxidation sites excluding steroid dienone is 2. The van der Waals surface area contributed by atoms with Gasteiger partial charge in [0.2, 0.25) is 0 Å². The fraction of sp³-hybridized carbons (Fsp3) is 0.581. The number of esters is 1. The highest BCUT2D eigenvalue weighted by atomic mass is 28.4. The van der Waals surface area contributed by atoms with Crippen molar-refractivity contribution >= 4 is 26.1 Å². The number of alkyl halides is 17. The van der Waals surface area contributed by atoms with Crippen molar-refractivity contribution < 1.29 is 116 Å². The van der Waals surface area contributed by atoms with Gasteiger partial charge < -0.3 is 23.4 Å². The van der Waals surface area contributed by atoms with Gasteiger partial charge in [0.05, 0.1) is 18.9 Å². The van der Waals surface area contributed by atoms with Gasteiger partial charge in [0.25, 0.3) is 0 Å². The molecule has 0 aliphatic rings. The van der Waals surface area contributed by atoms with Gasteiger partial charge in [-0.1, -0.05) is 45.9 Å². The molecule has 8 nitrogen and oxygen atoms in total. The number of ether oxygens (including phenoxy) is 4. The summed E-state index contributed by atoms with van der Waals surface area (Å²) in [5.41, 5.74) is -1.43. The van der Waals surface area contributed by atoms with Crippen molar-refractivity contribution in [1.82, 2.24) is 0 Å². The summed E-state index contributed by atoms with van der Waals surface area (Å²) in [6.45, 7) is 8.78. The molecule has 0 aromatic heterocycles. The maximum Gasteiger partial charge on any atom is 0.460 e. The van der Waals surface area contributed by atoms with Gasteiger partial charge >= 0.3 is 59.7 Å². The lowest BCUT2D eigenvalue weighted by atomic mass is 9.88. The van der Waals surface area contributed by atoms with Crippen LogP contribution in [0.2, 0.25) is 17.1 Å². The van der Waals surface area contributed by atoms with Crippen LogP contribution in [0, 0.1) is 11.6 Å². The number of methoxy groups -OCH3 is 1. The Balaban J connectivity index is 2.40. The monoisotopic (exact) mass is 1080 g/mol. The Kier molecular flexibility index (Phi) is 20.2. The number of anilines is 1. The second kappa shape index (κ2) is 23.0. The van der Waals surface area contributed by atoms with E-state index in [-0.39, 0.29) is 17.9 Å². The second-order valence-electron chi connectivity index (χ2n) is 16.4. The Labute approximate surface area is 395 Å². The number of carbonyl (C=O) groups is 2. The third kappa shape index (κ3) is 13.1. The minimum absolute atomic E-state index is 0.00875. The molecule has 0 aliphatic heterocycles. The number of benzene rings is 2. The Morgan fingerprint density at radius 1 is 0.690 bits per heavy atom. The highest BCUT2D eigenvalue weighted by molar-refractivity contribution is 6.76. The molecule has 2 aromatic rings. The molecule has 0 heterocycles. The van der Waals surface area contributed by atoms with Gasteiger partial charge in [-0.15, -0.1) is 0 Å². The first-order valence-corrected chi connectivity index (χ1v) is 23.0. The van der Waals surface area contributed by atoms with Gasteiger partial charge in [-0.2, -0.15) is 74.6 Å². The number of hydrogen-bond donors (Lipinski definition) is 1. The van der Waals surface area contributed by atoms with Crippen LogP contribution in [0.4, 0.5) is 93.9 Å². The first-order valence-electron chi connectivity index (χ1n) is 20.7. The molecule has 0 spiro atoms. The van der Waals surface area contributed by atoms with E-state index in [2.05, 4.69) is 5.32 Å². The topological polar surface area (TPSA) is 92.3 Å². The van der Waals surface area contributed by atoms with E-state index in [1.165, 1.54) is 65.1 Å². The van der Waals surface area contributed by atoms with Crippen molar-refractivity contribution in [1.29, 1.82) is 0 Å². The van der Waals surface area contributed by atoms with Crippen LogP contribution in [-0.4, -0.2) is 101 Å². The number of hydrogen-bond acceptors (Lipinski definition) is 7. The minimum Gasteiger partial charge on any atom is -0.491 e. The van der Waals surface area contributed by atoms with Crippen molar-refractivity contribution in [3.05, 3.63) is 83.0 Å². The fourth-order valence-corrected chi connectivity index (χ4v) is 11.5. The van der Waals surface area contributed by atoms with Crippen LogP contribution in [0.25, 0.3) is 0 Å². The van der Waals surface area contributed by atoms with Crippen molar-refractivity contribution in [2.24, 2.45) is 0 Å². The van der Waals surface area contributed by atoms with E-state index in [4.69, 9.17) is 23.4 Å².